The lowest BCUT2D eigenvalue weighted by Crippen LogP contribution is -2.22. The Hall–Kier alpha value is -1.87. The summed E-state index contributed by atoms with van der Waals surface area (Å²) in [4.78, 5) is 11.9. The van der Waals surface area contributed by atoms with E-state index in [1.807, 2.05) is 18.2 Å². The normalized spacial score (nSPS) is 13.2. The Labute approximate surface area is 146 Å². The van der Waals surface area contributed by atoms with Gasteiger partial charge in [0.05, 0.1) is 0 Å². The molecule has 0 fully saturated rings. The first-order chi connectivity index (χ1) is 10.8. The zero-order valence-corrected chi connectivity index (χ0v) is 14.6. The Kier molecular flexibility index (Phi) is 5.34. The summed E-state index contributed by atoms with van der Waals surface area (Å²) in [6, 6.07) is 7.17. The number of carbonyl (C=O) groups excluding carboxylic acids is 1. The number of amides is 1. The van der Waals surface area contributed by atoms with Crippen LogP contribution in [0.2, 0.25) is 0 Å². The second-order valence-corrected chi connectivity index (χ2v) is 7.00. The number of hydrogen-bond donors (Lipinski definition) is 3. The third-order valence-corrected chi connectivity index (χ3v) is 4.78. The van der Waals surface area contributed by atoms with Crippen molar-refractivity contribution in [2.24, 2.45) is 5.14 Å². The van der Waals surface area contributed by atoms with E-state index >= 15 is 0 Å². The second-order valence-electron chi connectivity index (χ2n) is 5.47. The van der Waals surface area contributed by atoms with Gasteiger partial charge in [-0.3, -0.25) is 4.79 Å². The van der Waals surface area contributed by atoms with E-state index in [-0.39, 0.29) is 28.8 Å². The first kappa shape index (κ1) is 18.5. The van der Waals surface area contributed by atoms with Gasteiger partial charge in [-0.25, -0.2) is 13.6 Å². The molecule has 0 spiro atoms. The quantitative estimate of drug-likeness (QED) is 0.746. The van der Waals surface area contributed by atoms with E-state index in [1.165, 1.54) is 18.1 Å². The van der Waals surface area contributed by atoms with Gasteiger partial charge in [0.2, 0.25) is 10.0 Å². The number of rotatable bonds is 4. The average Bonchev–Trinajstić information content (AvgIpc) is 3.09. The Balaban J connectivity index is 0.00000208. The Bertz CT molecular complexity index is 877. The monoisotopic (exact) mass is 371 g/mol. The van der Waals surface area contributed by atoms with Gasteiger partial charge in [-0.15, -0.1) is 12.4 Å². The van der Waals surface area contributed by atoms with E-state index in [1.54, 1.807) is 0 Å². The molecule has 7 nitrogen and oxygen atoms in total. The third kappa shape index (κ3) is 3.78. The zero-order valence-electron chi connectivity index (χ0n) is 13.0. The number of carbonyl (C=O) groups is 1. The molecule has 3 rings (SSSR count). The number of halogens is 1. The Morgan fingerprint density at radius 2 is 2.00 bits per heavy atom. The Morgan fingerprint density at radius 3 is 2.67 bits per heavy atom. The molecule has 0 bridgehead atoms. The molecule has 0 atom stereocenters. The molecule has 1 aromatic carbocycles. The van der Waals surface area contributed by atoms with Crippen molar-refractivity contribution in [1.82, 2.24) is 10.6 Å². The third-order valence-electron chi connectivity index (χ3n) is 3.76. The first-order valence-electron chi connectivity index (χ1n) is 7.07. The molecule has 2 heterocycles. The van der Waals surface area contributed by atoms with Gasteiger partial charge < -0.3 is 15.1 Å². The lowest BCUT2D eigenvalue weighted by molar-refractivity contribution is 0.0922. The molecule has 9 heteroatoms. The van der Waals surface area contributed by atoms with Crippen LogP contribution in [0.3, 0.4) is 0 Å². The Morgan fingerprint density at radius 1 is 1.29 bits per heavy atom. The van der Waals surface area contributed by atoms with Crippen LogP contribution in [0.5, 0.6) is 0 Å². The number of nitrogens with one attached hydrogen (secondary N) is 2. The van der Waals surface area contributed by atoms with Crippen molar-refractivity contribution in [2.45, 2.75) is 31.5 Å². The summed E-state index contributed by atoms with van der Waals surface area (Å²) in [6.07, 6.45) is 0. The van der Waals surface area contributed by atoms with Crippen molar-refractivity contribution in [3.8, 4) is 0 Å². The minimum absolute atomic E-state index is 0. The van der Waals surface area contributed by atoms with Crippen LogP contribution in [0.4, 0.5) is 0 Å². The van der Waals surface area contributed by atoms with Crippen molar-refractivity contribution < 1.29 is 17.6 Å². The van der Waals surface area contributed by atoms with Crippen molar-refractivity contribution in [1.29, 1.82) is 0 Å². The summed E-state index contributed by atoms with van der Waals surface area (Å²) in [7, 11) is -3.90. The zero-order chi connectivity index (χ0) is 16.6. The van der Waals surface area contributed by atoms with Crippen LogP contribution >= 0.6 is 12.4 Å². The number of benzene rings is 1. The van der Waals surface area contributed by atoms with E-state index in [4.69, 9.17) is 9.56 Å². The van der Waals surface area contributed by atoms with E-state index in [2.05, 4.69) is 10.6 Å². The predicted molar refractivity (Wildman–Crippen MR) is 90.2 cm³/mol. The maximum atomic E-state index is 12.1. The summed E-state index contributed by atoms with van der Waals surface area (Å²) in [6.45, 7) is 3.47. The fourth-order valence-electron chi connectivity index (χ4n) is 2.59. The number of nitrogens with two attached hydrogens (primary N) is 1. The lowest BCUT2D eigenvalue weighted by Gasteiger charge is -2.05. The molecular weight excluding hydrogens is 354 g/mol. The van der Waals surface area contributed by atoms with Crippen LogP contribution in [0.1, 0.15) is 33.0 Å². The van der Waals surface area contributed by atoms with Crippen molar-refractivity contribution in [3.05, 3.63) is 52.5 Å². The van der Waals surface area contributed by atoms with E-state index in [9.17, 15) is 13.2 Å². The molecule has 1 aromatic heterocycles. The van der Waals surface area contributed by atoms with Gasteiger partial charge in [0, 0.05) is 25.7 Å². The van der Waals surface area contributed by atoms with Crippen LogP contribution in [0, 0.1) is 6.92 Å². The van der Waals surface area contributed by atoms with Crippen LogP contribution in [-0.4, -0.2) is 14.3 Å². The summed E-state index contributed by atoms with van der Waals surface area (Å²) in [5.41, 5.74) is 3.46. The highest BCUT2D eigenvalue weighted by Crippen LogP contribution is 2.19. The predicted octanol–water partition coefficient (Wildman–Crippen LogP) is 1.19. The number of sulfonamides is 1. The molecule has 0 saturated heterocycles. The molecule has 1 aliphatic heterocycles. The molecule has 24 heavy (non-hydrogen) atoms. The molecule has 0 saturated carbocycles. The number of furan rings is 1. The van der Waals surface area contributed by atoms with Gasteiger partial charge >= 0.3 is 0 Å². The summed E-state index contributed by atoms with van der Waals surface area (Å²) < 4.78 is 27.9. The van der Waals surface area contributed by atoms with Crippen LogP contribution in [0.15, 0.2) is 33.6 Å². The van der Waals surface area contributed by atoms with E-state index < -0.39 is 15.9 Å². The van der Waals surface area contributed by atoms with Gasteiger partial charge in [0.15, 0.2) is 5.76 Å². The highest BCUT2D eigenvalue weighted by Gasteiger charge is 2.21. The fourth-order valence-corrected chi connectivity index (χ4v) is 3.30. The first-order valence-corrected chi connectivity index (χ1v) is 8.62. The van der Waals surface area contributed by atoms with Crippen LogP contribution in [-0.2, 0) is 29.7 Å². The van der Waals surface area contributed by atoms with E-state index in [0.29, 0.717) is 6.54 Å². The second kappa shape index (κ2) is 6.94. The number of hydrogen-bond acceptors (Lipinski definition) is 5. The summed E-state index contributed by atoms with van der Waals surface area (Å²) in [5, 5.41) is 11.0. The lowest BCUT2D eigenvalue weighted by atomic mass is 10.1. The topological polar surface area (TPSA) is 114 Å². The molecule has 0 radical (unpaired) electrons. The molecule has 0 unspecified atom stereocenters. The summed E-state index contributed by atoms with van der Waals surface area (Å²) >= 11 is 0. The largest absolute Gasteiger partial charge is 0.455 e. The smallest absolute Gasteiger partial charge is 0.287 e. The minimum Gasteiger partial charge on any atom is -0.455 e. The standard InChI is InChI=1S/C15H17N3O4S.ClH/c1-9-14(23(16,20)21)5-13(22-9)15(19)18-6-10-2-3-11-7-17-8-12(11)4-10;/h2-5,17H,6-8H2,1H3,(H,18,19)(H2,16,20,21);1H. The summed E-state index contributed by atoms with van der Waals surface area (Å²) in [5.74, 6) is -0.461. The number of aryl methyl sites for hydroxylation is 1. The van der Waals surface area contributed by atoms with Crippen molar-refractivity contribution in [3.63, 3.8) is 0 Å². The highest BCUT2D eigenvalue weighted by molar-refractivity contribution is 7.89. The maximum absolute atomic E-state index is 12.1. The highest BCUT2D eigenvalue weighted by atomic mass is 35.5. The van der Waals surface area contributed by atoms with Gasteiger partial charge in [0.1, 0.15) is 10.7 Å². The number of primary sulfonamides is 1. The average molecular weight is 372 g/mol. The van der Waals surface area contributed by atoms with Crippen LogP contribution in [0.25, 0.3) is 0 Å². The van der Waals surface area contributed by atoms with Gasteiger partial charge in [-0.05, 0) is 23.6 Å². The van der Waals surface area contributed by atoms with Gasteiger partial charge in [-0.2, -0.15) is 0 Å². The SMILES string of the molecule is Cc1oc(C(=O)NCc2ccc3c(c2)CNC3)cc1S(N)(=O)=O.Cl. The molecule has 1 aliphatic rings. The van der Waals surface area contributed by atoms with Gasteiger partial charge in [0.25, 0.3) is 5.91 Å². The molecule has 0 aliphatic carbocycles. The minimum atomic E-state index is -3.90. The fraction of sp³-hybridized carbons (Fsp3) is 0.267. The van der Waals surface area contributed by atoms with Crippen molar-refractivity contribution >= 4 is 28.3 Å². The van der Waals surface area contributed by atoms with Crippen molar-refractivity contribution in [2.75, 3.05) is 0 Å². The molecule has 1 amide bonds. The molecule has 130 valence electrons. The molecular formula is C15H18ClN3O4S. The molecule has 4 N–H and O–H groups in total. The maximum Gasteiger partial charge on any atom is 0.287 e. The van der Waals surface area contributed by atoms with Crippen LogP contribution < -0.4 is 15.8 Å². The van der Waals surface area contributed by atoms with Gasteiger partial charge in [-0.1, -0.05) is 18.2 Å². The molecule has 2 aromatic rings. The van der Waals surface area contributed by atoms with E-state index in [0.717, 1.165) is 24.7 Å². The number of fused-ring (bicyclic) bond motifs is 1.